The van der Waals surface area contributed by atoms with Gasteiger partial charge in [0.1, 0.15) is 23.2 Å². The van der Waals surface area contributed by atoms with Gasteiger partial charge in [-0.3, -0.25) is 0 Å². The number of rotatable bonds is 6. The van der Waals surface area contributed by atoms with Gasteiger partial charge in [0.25, 0.3) is 6.43 Å². The molecule has 28 heavy (non-hydrogen) atoms. The van der Waals surface area contributed by atoms with Crippen molar-refractivity contribution >= 4 is 21.5 Å². The molecule has 1 fully saturated rings. The quantitative estimate of drug-likeness (QED) is 0.769. The number of anilines is 1. The van der Waals surface area contributed by atoms with E-state index in [4.69, 9.17) is 0 Å². The Balaban J connectivity index is 1.84. The van der Waals surface area contributed by atoms with E-state index in [2.05, 4.69) is 20.4 Å². The van der Waals surface area contributed by atoms with E-state index in [1.54, 1.807) is 0 Å². The Labute approximate surface area is 161 Å². The molecule has 0 aromatic carbocycles. The van der Waals surface area contributed by atoms with Crippen molar-refractivity contribution in [1.82, 2.24) is 23.9 Å². The molecule has 2 aromatic heterocycles. The summed E-state index contributed by atoms with van der Waals surface area (Å²) in [7, 11) is -3.46. The van der Waals surface area contributed by atoms with Crippen molar-refractivity contribution in [2.45, 2.75) is 45.3 Å². The van der Waals surface area contributed by atoms with Gasteiger partial charge >= 0.3 is 0 Å². The monoisotopic (exact) mass is 420 g/mol. The van der Waals surface area contributed by atoms with E-state index in [1.807, 2.05) is 13.8 Å². The Hall–Kier alpha value is -1.95. The number of fused-ring (bicyclic) bond motifs is 1. The second-order valence-electron chi connectivity index (χ2n) is 7.37. The Kier molecular flexibility index (Phi) is 5.80. The van der Waals surface area contributed by atoms with Crippen molar-refractivity contribution in [2.75, 3.05) is 24.7 Å². The van der Waals surface area contributed by atoms with Gasteiger partial charge in [-0.1, -0.05) is 13.8 Å². The molecular weight excluding hydrogens is 397 g/mol. The van der Waals surface area contributed by atoms with E-state index in [9.17, 15) is 21.6 Å². The number of hydrogen-bond acceptors (Lipinski definition) is 6. The van der Waals surface area contributed by atoms with Crippen molar-refractivity contribution in [2.24, 2.45) is 5.92 Å². The molecular formula is C16H23F3N6O2S. The van der Waals surface area contributed by atoms with Gasteiger partial charge < -0.3 is 5.32 Å². The van der Waals surface area contributed by atoms with Crippen LogP contribution in [0.1, 0.15) is 38.2 Å². The predicted molar refractivity (Wildman–Crippen MR) is 97.6 cm³/mol. The first-order chi connectivity index (χ1) is 13.1. The minimum atomic E-state index is -3.46. The molecule has 0 saturated carbocycles. The Morgan fingerprint density at radius 3 is 2.64 bits per heavy atom. The number of sulfonamides is 1. The van der Waals surface area contributed by atoms with Crippen molar-refractivity contribution in [3.63, 3.8) is 0 Å². The van der Waals surface area contributed by atoms with E-state index in [-0.39, 0.29) is 42.6 Å². The maximum atomic E-state index is 14.4. The highest BCUT2D eigenvalue weighted by molar-refractivity contribution is 7.88. The van der Waals surface area contributed by atoms with Crippen LogP contribution >= 0.6 is 0 Å². The van der Waals surface area contributed by atoms with E-state index in [1.165, 1.54) is 10.7 Å². The van der Waals surface area contributed by atoms with Crippen molar-refractivity contribution in [1.29, 1.82) is 0 Å². The molecule has 2 aromatic rings. The summed E-state index contributed by atoms with van der Waals surface area (Å²) in [6, 6.07) is -0.679. The highest BCUT2D eigenvalue weighted by atomic mass is 32.2. The normalized spacial score (nSPS) is 21.7. The summed E-state index contributed by atoms with van der Waals surface area (Å²) in [5, 5.41) is 7.09. The third kappa shape index (κ3) is 4.37. The van der Waals surface area contributed by atoms with Gasteiger partial charge in [-0.15, -0.1) is 5.10 Å². The van der Waals surface area contributed by atoms with Crippen LogP contribution in [0.3, 0.4) is 0 Å². The van der Waals surface area contributed by atoms with Crippen LogP contribution in [-0.4, -0.2) is 63.9 Å². The number of halogens is 3. The number of nitrogens with zero attached hydrogens (tertiary/aromatic N) is 5. The van der Waals surface area contributed by atoms with Crippen LogP contribution in [0.4, 0.5) is 19.1 Å². The minimum absolute atomic E-state index is 0.0798. The van der Waals surface area contributed by atoms with Gasteiger partial charge in [-0.2, -0.15) is 4.31 Å². The van der Waals surface area contributed by atoms with Gasteiger partial charge in [-0.25, -0.2) is 36.1 Å². The van der Waals surface area contributed by atoms with Gasteiger partial charge in [-0.05, 0) is 12.3 Å². The molecule has 0 bridgehead atoms. The fourth-order valence-electron chi connectivity index (χ4n) is 3.20. The molecule has 0 aliphatic carbocycles. The highest BCUT2D eigenvalue weighted by Gasteiger charge is 2.33. The molecule has 0 amide bonds. The molecule has 2 atom stereocenters. The van der Waals surface area contributed by atoms with E-state index >= 15 is 0 Å². The lowest BCUT2D eigenvalue weighted by molar-refractivity contribution is 0.148. The van der Waals surface area contributed by atoms with Gasteiger partial charge in [0, 0.05) is 19.5 Å². The zero-order valence-electron chi connectivity index (χ0n) is 15.8. The predicted octanol–water partition coefficient (Wildman–Crippen LogP) is 2.04. The van der Waals surface area contributed by atoms with Crippen LogP contribution in [-0.2, 0) is 16.4 Å². The fraction of sp³-hybridized carbons (Fsp3) is 0.688. The lowest BCUT2D eigenvalue weighted by Gasteiger charge is -2.33. The molecule has 3 heterocycles. The first-order valence-corrected chi connectivity index (χ1v) is 10.8. The fourth-order valence-corrected chi connectivity index (χ4v) is 4.05. The number of hydrogen-bond donors (Lipinski definition) is 1. The summed E-state index contributed by atoms with van der Waals surface area (Å²) in [6.45, 7) is 3.80. The molecule has 1 aliphatic heterocycles. The van der Waals surface area contributed by atoms with Gasteiger partial charge in [0.15, 0.2) is 0 Å². The third-order valence-electron chi connectivity index (χ3n) is 4.57. The molecule has 156 valence electrons. The summed E-state index contributed by atoms with van der Waals surface area (Å²) < 4.78 is 66.5. The molecule has 1 N–H and O–H groups in total. The maximum Gasteiger partial charge on any atom is 0.282 e. The van der Waals surface area contributed by atoms with Crippen LogP contribution in [0.25, 0.3) is 5.52 Å². The van der Waals surface area contributed by atoms with E-state index in [0.29, 0.717) is 12.2 Å². The third-order valence-corrected chi connectivity index (χ3v) is 5.84. The lowest BCUT2D eigenvalue weighted by atomic mass is 10.1. The summed E-state index contributed by atoms with van der Waals surface area (Å²) >= 11 is 0. The summed E-state index contributed by atoms with van der Waals surface area (Å²) in [4.78, 5) is 8.03. The van der Waals surface area contributed by atoms with Crippen LogP contribution in [0.15, 0.2) is 6.20 Å². The Morgan fingerprint density at radius 2 is 2.07 bits per heavy atom. The second kappa shape index (κ2) is 7.82. The zero-order valence-corrected chi connectivity index (χ0v) is 16.6. The number of piperidine rings is 1. The topological polar surface area (TPSA) is 92.5 Å². The SMILES string of the molecule is CC(C)Cc1nc(C(F)F)c2cnc(N[C@@H]3CCN(S(C)(=O)=O)C[C@H]3F)nn12. The Bertz CT molecular complexity index is 949. The summed E-state index contributed by atoms with van der Waals surface area (Å²) in [5.74, 6) is 0.642. The van der Waals surface area contributed by atoms with Crippen molar-refractivity contribution in [3.8, 4) is 0 Å². The molecule has 8 nitrogen and oxygen atoms in total. The molecule has 0 unspecified atom stereocenters. The molecule has 0 radical (unpaired) electrons. The maximum absolute atomic E-state index is 14.4. The molecule has 0 spiro atoms. The largest absolute Gasteiger partial charge is 0.347 e. The first kappa shape index (κ1) is 20.8. The smallest absolute Gasteiger partial charge is 0.282 e. The average molecular weight is 420 g/mol. The Morgan fingerprint density at radius 1 is 1.36 bits per heavy atom. The van der Waals surface area contributed by atoms with Crippen molar-refractivity contribution < 1.29 is 21.6 Å². The zero-order chi connectivity index (χ0) is 20.6. The van der Waals surface area contributed by atoms with Crippen LogP contribution in [0.2, 0.25) is 0 Å². The van der Waals surface area contributed by atoms with Crippen molar-refractivity contribution in [3.05, 3.63) is 17.7 Å². The highest BCUT2D eigenvalue weighted by Crippen LogP contribution is 2.25. The van der Waals surface area contributed by atoms with Gasteiger partial charge in [0.05, 0.1) is 18.5 Å². The second-order valence-corrected chi connectivity index (χ2v) is 9.35. The molecule has 3 rings (SSSR count). The minimum Gasteiger partial charge on any atom is -0.347 e. The lowest BCUT2D eigenvalue weighted by Crippen LogP contribution is -2.49. The number of alkyl halides is 3. The van der Waals surface area contributed by atoms with Crippen LogP contribution < -0.4 is 5.32 Å². The first-order valence-electron chi connectivity index (χ1n) is 8.94. The number of imidazole rings is 1. The number of nitrogens with one attached hydrogen (secondary N) is 1. The summed E-state index contributed by atoms with van der Waals surface area (Å²) in [6.07, 6.45) is -1.23. The van der Waals surface area contributed by atoms with Gasteiger partial charge in [0.2, 0.25) is 16.0 Å². The standard InChI is InChI=1S/C16H23F3N6O2S/c1-9(2)6-13-22-14(15(18)19)12-7-20-16(23-25(12)13)21-11-4-5-24(8-10(11)17)28(3,26)27/h7,9-11,15H,4-6,8H2,1-3H3,(H,21,23)/t10-,11-/m1/s1. The molecule has 12 heteroatoms. The van der Waals surface area contributed by atoms with Crippen LogP contribution in [0.5, 0.6) is 0 Å². The van der Waals surface area contributed by atoms with E-state index < -0.39 is 28.7 Å². The average Bonchev–Trinajstić information content (AvgIpc) is 2.93. The molecule has 1 saturated heterocycles. The molecule has 1 aliphatic rings. The van der Waals surface area contributed by atoms with E-state index in [0.717, 1.165) is 10.6 Å². The summed E-state index contributed by atoms with van der Waals surface area (Å²) in [5.41, 5.74) is -0.271. The number of aromatic nitrogens is 4. The van der Waals surface area contributed by atoms with Crippen LogP contribution in [0, 0.1) is 5.92 Å².